The zero-order valence-corrected chi connectivity index (χ0v) is 11.7. The zero-order valence-electron chi connectivity index (χ0n) is 11.7. The molecule has 0 bridgehead atoms. The number of aliphatic hydroxyl groups excluding tert-OH is 1. The molecule has 1 aliphatic heterocycles. The summed E-state index contributed by atoms with van der Waals surface area (Å²) in [7, 11) is 0. The Labute approximate surface area is 119 Å². The molecule has 0 aromatic heterocycles. The van der Waals surface area contributed by atoms with Crippen LogP contribution in [0.2, 0.25) is 0 Å². The van der Waals surface area contributed by atoms with E-state index in [1.165, 1.54) is 5.56 Å². The van der Waals surface area contributed by atoms with Crippen molar-refractivity contribution in [2.24, 2.45) is 0 Å². The predicted molar refractivity (Wildman–Crippen MR) is 77.9 cm³/mol. The third kappa shape index (κ3) is 4.37. The predicted octanol–water partition coefficient (Wildman–Crippen LogP) is 0.741. The van der Waals surface area contributed by atoms with Crippen LogP contribution in [0.5, 0.6) is 0 Å². The minimum absolute atomic E-state index is 0.0451. The first-order valence-corrected chi connectivity index (χ1v) is 6.85. The van der Waals surface area contributed by atoms with Crippen molar-refractivity contribution in [2.45, 2.75) is 25.9 Å². The number of carbonyl (C=O) groups excluding carboxylic acids is 1. The summed E-state index contributed by atoms with van der Waals surface area (Å²) in [6.07, 6.45) is 1.01. The number of nitrogens with one attached hydrogen (secondary N) is 1. The maximum absolute atomic E-state index is 11.0. The Morgan fingerprint density at radius 2 is 2.20 bits per heavy atom. The maximum atomic E-state index is 11.0. The summed E-state index contributed by atoms with van der Waals surface area (Å²) in [6.45, 7) is 4.27. The third-order valence-corrected chi connectivity index (χ3v) is 3.35. The van der Waals surface area contributed by atoms with E-state index in [0.29, 0.717) is 0 Å². The zero-order chi connectivity index (χ0) is 14.4. The Balaban J connectivity index is 1.86. The van der Waals surface area contributed by atoms with E-state index in [2.05, 4.69) is 34.2 Å². The van der Waals surface area contributed by atoms with Gasteiger partial charge in [0.05, 0.1) is 0 Å². The van der Waals surface area contributed by atoms with Crippen molar-refractivity contribution in [3.8, 4) is 11.8 Å². The monoisotopic (exact) mass is 272 g/mol. The molecule has 1 atom stereocenters. The molecule has 1 fully saturated rings. The van der Waals surface area contributed by atoms with Gasteiger partial charge in [0.25, 0.3) is 0 Å². The first-order valence-electron chi connectivity index (χ1n) is 6.85. The number of rotatable bonds is 3. The second-order valence-corrected chi connectivity index (χ2v) is 5.08. The normalized spacial score (nSPS) is 18.4. The summed E-state index contributed by atoms with van der Waals surface area (Å²) in [5, 5.41) is 11.6. The van der Waals surface area contributed by atoms with E-state index in [9.17, 15) is 4.79 Å². The number of hydrogen-bond donors (Lipinski definition) is 2. The van der Waals surface area contributed by atoms with Crippen LogP contribution >= 0.6 is 0 Å². The van der Waals surface area contributed by atoms with Crippen molar-refractivity contribution >= 4 is 5.91 Å². The highest BCUT2D eigenvalue weighted by Gasteiger charge is 2.22. The fraction of sp³-hybridized carbons (Fsp3) is 0.438. The van der Waals surface area contributed by atoms with Crippen LogP contribution in [0.15, 0.2) is 24.3 Å². The van der Waals surface area contributed by atoms with E-state index in [1.54, 1.807) is 6.92 Å². The number of aliphatic hydroxyl groups is 1. The van der Waals surface area contributed by atoms with Gasteiger partial charge in [0.1, 0.15) is 6.61 Å². The SMILES string of the molecule is CC(=O)NC1CCN(Cc2ccc(C#CCO)cc2)C1. The minimum Gasteiger partial charge on any atom is -0.384 e. The van der Waals surface area contributed by atoms with Crippen LogP contribution in [-0.2, 0) is 11.3 Å². The summed E-state index contributed by atoms with van der Waals surface area (Å²) in [6, 6.07) is 8.35. The number of amides is 1. The second kappa shape index (κ2) is 7.09. The highest BCUT2D eigenvalue weighted by atomic mass is 16.2. The largest absolute Gasteiger partial charge is 0.384 e. The van der Waals surface area contributed by atoms with Crippen LogP contribution in [0.3, 0.4) is 0 Å². The summed E-state index contributed by atoms with van der Waals surface area (Å²) < 4.78 is 0. The lowest BCUT2D eigenvalue weighted by Crippen LogP contribution is -2.35. The van der Waals surface area contributed by atoms with E-state index in [-0.39, 0.29) is 18.6 Å². The van der Waals surface area contributed by atoms with Gasteiger partial charge in [-0.25, -0.2) is 0 Å². The minimum atomic E-state index is -0.111. The molecule has 1 heterocycles. The van der Waals surface area contributed by atoms with Gasteiger partial charge in [-0.15, -0.1) is 0 Å². The molecule has 106 valence electrons. The summed E-state index contributed by atoms with van der Waals surface area (Å²) in [5.41, 5.74) is 2.16. The smallest absolute Gasteiger partial charge is 0.217 e. The molecule has 1 saturated heterocycles. The molecule has 1 aliphatic rings. The van der Waals surface area contributed by atoms with Crippen molar-refractivity contribution in [3.05, 3.63) is 35.4 Å². The molecule has 4 heteroatoms. The Morgan fingerprint density at radius 3 is 2.85 bits per heavy atom. The molecular weight excluding hydrogens is 252 g/mol. The third-order valence-electron chi connectivity index (χ3n) is 3.35. The van der Waals surface area contributed by atoms with Gasteiger partial charge in [-0.1, -0.05) is 24.0 Å². The highest BCUT2D eigenvalue weighted by Crippen LogP contribution is 2.14. The van der Waals surface area contributed by atoms with Crippen LogP contribution in [-0.4, -0.2) is 41.7 Å². The molecule has 4 nitrogen and oxygen atoms in total. The number of carbonyl (C=O) groups is 1. The average Bonchev–Trinajstić information content (AvgIpc) is 2.84. The van der Waals surface area contributed by atoms with Gasteiger partial charge in [0.15, 0.2) is 0 Å². The molecule has 0 saturated carbocycles. The van der Waals surface area contributed by atoms with Crippen LogP contribution in [0.4, 0.5) is 0 Å². The Morgan fingerprint density at radius 1 is 1.45 bits per heavy atom. The number of nitrogens with zero attached hydrogens (tertiary/aromatic N) is 1. The lowest BCUT2D eigenvalue weighted by molar-refractivity contribution is -0.119. The van der Waals surface area contributed by atoms with Crippen molar-refractivity contribution in [1.29, 1.82) is 0 Å². The van der Waals surface area contributed by atoms with Crippen LogP contribution in [0.1, 0.15) is 24.5 Å². The van der Waals surface area contributed by atoms with Gasteiger partial charge in [0.2, 0.25) is 5.91 Å². The Hall–Kier alpha value is -1.83. The van der Waals surface area contributed by atoms with Crippen molar-refractivity contribution in [2.75, 3.05) is 19.7 Å². The van der Waals surface area contributed by atoms with Crippen LogP contribution < -0.4 is 5.32 Å². The molecule has 1 unspecified atom stereocenters. The average molecular weight is 272 g/mol. The molecule has 1 aromatic carbocycles. The van der Waals surface area contributed by atoms with Crippen molar-refractivity contribution < 1.29 is 9.90 Å². The van der Waals surface area contributed by atoms with Gasteiger partial charge < -0.3 is 10.4 Å². The van der Waals surface area contributed by atoms with Gasteiger partial charge in [-0.3, -0.25) is 9.69 Å². The molecule has 1 aromatic rings. The van der Waals surface area contributed by atoms with Crippen molar-refractivity contribution in [3.63, 3.8) is 0 Å². The van der Waals surface area contributed by atoms with E-state index in [0.717, 1.165) is 31.6 Å². The number of benzene rings is 1. The molecule has 1 amide bonds. The quantitative estimate of drug-likeness (QED) is 0.798. The van der Waals surface area contributed by atoms with Gasteiger partial charge in [0, 0.05) is 38.2 Å². The van der Waals surface area contributed by atoms with Gasteiger partial charge in [-0.05, 0) is 24.1 Å². The summed E-state index contributed by atoms with van der Waals surface area (Å²) in [4.78, 5) is 13.4. The van der Waals surface area contributed by atoms with Gasteiger partial charge in [-0.2, -0.15) is 0 Å². The van der Waals surface area contributed by atoms with E-state index < -0.39 is 0 Å². The molecule has 0 radical (unpaired) electrons. The van der Waals surface area contributed by atoms with E-state index in [1.807, 2.05) is 12.1 Å². The molecule has 0 spiro atoms. The standard InChI is InChI=1S/C16H20N2O2/c1-13(20)17-16-8-9-18(12-16)11-15-6-4-14(5-7-15)3-2-10-19/h4-7,16,19H,8-12H2,1H3,(H,17,20). The fourth-order valence-corrected chi connectivity index (χ4v) is 2.47. The van der Waals surface area contributed by atoms with Gasteiger partial charge >= 0.3 is 0 Å². The maximum Gasteiger partial charge on any atom is 0.217 e. The molecule has 0 aliphatic carbocycles. The fourth-order valence-electron chi connectivity index (χ4n) is 2.47. The van der Waals surface area contributed by atoms with Crippen LogP contribution in [0, 0.1) is 11.8 Å². The van der Waals surface area contributed by atoms with Crippen LogP contribution in [0.25, 0.3) is 0 Å². The Kier molecular flexibility index (Phi) is 5.16. The number of likely N-dealkylation sites (tertiary alicyclic amines) is 1. The Bertz CT molecular complexity index is 514. The van der Waals surface area contributed by atoms with E-state index in [4.69, 9.17) is 5.11 Å². The highest BCUT2D eigenvalue weighted by molar-refractivity contribution is 5.73. The lowest BCUT2D eigenvalue weighted by Gasteiger charge is -2.16. The molecular formula is C16H20N2O2. The van der Waals surface area contributed by atoms with E-state index >= 15 is 0 Å². The molecule has 2 rings (SSSR count). The number of hydrogen-bond acceptors (Lipinski definition) is 3. The molecule has 2 N–H and O–H groups in total. The van der Waals surface area contributed by atoms with Crippen molar-refractivity contribution in [1.82, 2.24) is 10.2 Å². The first kappa shape index (κ1) is 14.6. The molecule has 20 heavy (non-hydrogen) atoms. The summed E-state index contributed by atoms with van der Waals surface area (Å²) >= 11 is 0. The first-order chi connectivity index (χ1) is 9.67. The topological polar surface area (TPSA) is 52.6 Å². The second-order valence-electron chi connectivity index (χ2n) is 5.08. The summed E-state index contributed by atoms with van der Waals surface area (Å²) in [5.74, 6) is 5.56. The lowest BCUT2D eigenvalue weighted by atomic mass is 10.1.